The van der Waals surface area contributed by atoms with Crippen molar-refractivity contribution in [1.82, 2.24) is 4.98 Å². The number of hydrogen-bond donors (Lipinski definition) is 2. The molecule has 3 rings (SSSR count). The average Bonchev–Trinajstić information content (AvgIpc) is 3.03. The summed E-state index contributed by atoms with van der Waals surface area (Å²) in [5.74, 6) is 1.11. The largest absolute Gasteiger partial charge is 0.486 e. The fraction of sp³-hybridized carbons (Fsp3) is 0.333. The van der Waals surface area contributed by atoms with Crippen molar-refractivity contribution in [2.45, 2.75) is 6.04 Å². The number of amides is 1. The second-order valence-electron chi connectivity index (χ2n) is 4.95. The Bertz CT molecular complexity index is 704. The molecular weight excluding hydrogens is 318 g/mol. The lowest BCUT2D eigenvalue weighted by molar-refractivity contribution is -0.118. The Morgan fingerprint density at radius 1 is 1.43 bits per heavy atom. The van der Waals surface area contributed by atoms with Crippen LogP contribution in [0.3, 0.4) is 0 Å². The molecular formula is C15H17N3O4S. The molecule has 0 saturated heterocycles. The van der Waals surface area contributed by atoms with Crippen LogP contribution in [0.2, 0.25) is 0 Å². The van der Waals surface area contributed by atoms with Gasteiger partial charge in [-0.1, -0.05) is 0 Å². The van der Waals surface area contributed by atoms with E-state index in [4.69, 9.17) is 19.9 Å². The molecule has 1 unspecified atom stereocenters. The number of thiazole rings is 1. The zero-order valence-corrected chi connectivity index (χ0v) is 13.4. The molecule has 8 heteroatoms. The van der Waals surface area contributed by atoms with Gasteiger partial charge in [-0.25, -0.2) is 4.98 Å². The van der Waals surface area contributed by atoms with Crippen molar-refractivity contribution in [3.63, 3.8) is 0 Å². The molecule has 7 nitrogen and oxygen atoms in total. The van der Waals surface area contributed by atoms with Gasteiger partial charge >= 0.3 is 0 Å². The minimum atomic E-state index is -0.721. The van der Waals surface area contributed by atoms with Crippen LogP contribution in [-0.2, 0) is 9.53 Å². The van der Waals surface area contributed by atoms with Crippen LogP contribution in [0.1, 0.15) is 0 Å². The molecule has 0 bridgehead atoms. The summed E-state index contributed by atoms with van der Waals surface area (Å²) >= 11 is 1.33. The predicted molar refractivity (Wildman–Crippen MR) is 87.0 cm³/mol. The first-order valence-corrected chi connectivity index (χ1v) is 7.96. The maximum atomic E-state index is 11.9. The number of fused-ring (bicyclic) bond motifs is 1. The standard InChI is InChI=1S/C15H17N3O4S/c1-20-7-10(16)14(19)18-15-17-11(8-23-15)9-2-3-12-13(6-9)22-5-4-21-12/h2-3,6,8,10H,4-5,7,16H2,1H3,(H,17,18,19). The number of anilines is 1. The number of hydrogen-bond acceptors (Lipinski definition) is 7. The Balaban J connectivity index is 1.73. The van der Waals surface area contributed by atoms with Crippen LogP contribution in [-0.4, -0.2) is 43.9 Å². The first-order chi connectivity index (χ1) is 11.2. The molecule has 0 fully saturated rings. The van der Waals surface area contributed by atoms with Gasteiger partial charge in [0.15, 0.2) is 16.6 Å². The molecule has 0 aliphatic carbocycles. The third-order valence-corrected chi connectivity index (χ3v) is 4.01. The third-order valence-electron chi connectivity index (χ3n) is 3.26. The highest BCUT2D eigenvalue weighted by Gasteiger charge is 2.16. The van der Waals surface area contributed by atoms with Gasteiger partial charge in [0.05, 0.1) is 12.3 Å². The van der Waals surface area contributed by atoms with Gasteiger partial charge < -0.3 is 25.3 Å². The van der Waals surface area contributed by atoms with Crippen molar-refractivity contribution in [2.75, 3.05) is 32.2 Å². The highest BCUT2D eigenvalue weighted by atomic mass is 32.1. The van der Waals surface area contributed by atoms with Crippen LogP contribution in [0.25, 0.3) is 11.3 Å². The van der Waals surface area contributed by atoms with Crippen LogP contribution in [0.4, 0.5) is 5.13 Å². The molecule has 2 heterocycles. The maximum Gasteiger partial charge on any atom is 0.245 e. The first-order valence-electron chi connectivity index (χ1n) is 7.08. The van der Waals surface area contributed by atoms with E-state index in [0.29, 0.717) is 24.1 Å². The van der Waals surface area contributed by atoms with Crippen molar-refractivity contribution in [3.05, 3.63) is 23.6 Å². The summed E-state index contributed by atoms with van der Waals surface area (Å²) in [5, 5.41) is 5.04. The van der Waals surface area contributed by atoms with Gasteiger partial charge in [-0.3, -0.25) is 4.79 Å². The van der Waals surface area contributed by atoms with Crippen molar-refractivity contribution >= 4 is 22.4 Å². The van der Waals surface area contributed by atoms with E-state index in [9.17, 15) is 4.79 Å². The fourth-order valence-electron chi connectivity index (χ4n) is 2.12. The molecule has 23 heavy (non-hydrogen) atoms. The van der Waals surface area contributed by atoms with Crippen molar-refractivity contribution < 1.29 is 19.0 Å². The van der Waals surface area contributed by atoms with Gasteiger partial charge in [0.1, 0.15) is 19.3 Å². The number of methoxy groups -OCH3 is 1. The number of benzene rings is 1. The third kappa shape index (κ3) is 3.61. The van der Waals surface area contributed by atoms with Crippen molar-refractivity contribution in [3.8, 4) is 22.8 Å². The van der Waals surface area contributed by atoms with Gasteiger partial charge in [-0.2, -0.15) is 0 Å². The Morgan fingerprint density at radius 2 is 2.22 bits per heavy atom. The quantitative estimate of drug-likeness (QED) is 0.859. The van der Waals surface area contributed by atoms with Crippen LogP contribution < -0.4 is 20.5 Å². The SMILES string of the molecule is COCC(N)C(=O)Nc1nc(-c2ccc3c(c2)OCCO3)cs1. The Kier molecular flexibility index (Phi) is 4.75. The molecule has 0 radical (unpaired) electrons. The lowest BCUT2D eigenvalue weighted by Crippen LogP contribution is -2.39. The van der Waals surface area contributed by atoms with Crippen LogP contribution in [0.15, 0.2) is 23.6 Å². The van der Waals surface area contributed by atoms with Crippen LogP contribution in [0, 0.1) is 0 Å². The van der Waals surface area contributed by atoms with Gasteiger partial charge in [-0.15, -0.1) is 11.3 Å². The van der Waals surface area contributed by atoms with E-state index in [1.54, 1.807) is 0 Å². The number of carbonyl (C=O) groups is 1. The second kappa shape index (κ2) is 6.95. The Hall–Kier alpha value is -2.16. The zero-order valence-electron chi connectivity index (χ0n) is 12.6. The molecule has 1 aromatic carbocycles. The topological polar surface area (TPSA) is 95.7 Å². The second-order valence-corrected chi connectivity index (χ2v) is 5.81. The van der Waals surface area contributed by atoms with E-state index in [1.807, 2.05) is 23.6 Å². The lowest BCUT2D eigenvalue weighted by Gasteiger charge is -2.18. The Labute approximate surface area is 137 Å². The van der Waals surface area contributed by atoms with Gasteiger partial charge in [0.25, 0.3) is 0 Å². The number of nitrogens with two attached hydrogens (primary N) is 1. The first kappa shape index (κ1) is 15.7. The van der Waals surface area contributed by atoms with E-state index in [2.05, 4.69) is 10.3 Å². The summed E-state index contributed by atoms with van der Waals surface area (Å²) in [6.45, 7) is 1.25. The smallest absolute Gasteiger partial charge is 0.245 e. The van der Waals surface area contributed by atoms with E-state index < -0.39 is 6.04 Å². The summed E-state index contributed by atoms with van der Waals surface area (Å²) in [5.41, 5.74) is 7.33. The number of carbonyl (C=O) groups excluding carboxylic acids is 1. The summed E-state index contributed by atoms with van der Waals surface area (Å²) < 4.78 is 15.9. The number of nitrogens with one attached hydrogen (secondary N) is 1. The lowest BCUT2D eigenvalue weighted by atomic mass is 10.1. The highest BCUT2D eigenvalue weighted by molar-refractivity contribution is 7.14. The Morgan fingerprint density at radius 3 is 3.00 bits per heavy atom. The number of nitrogens with zero attached hydrogens (tertiary/aromatic N) is 1. The van der Waals surface area contributed by atoms with Gasteiger partial charge in [-0.05, 0) is 18.2 Å². The van der Waals surface area contributed by atoms with Gasteiger partial charge in [0, 0.05) is 18.1 Å². The average molecular weight is 335 g/mol. The number of ether oxygens (including phenoxy) is 3. The predicted octanol–water partition coefficient (Wildman–Crippen LogP) is 1.49. The summed E-state index contributed by atoms with van der Waals surface area (Å²) in [7, 11) is 1.50. The fourth-order valence-corrected chi connectivity index (χ4v) is 2.84. The van der Waals surface area contributed by atoms with Gasteiger partial charge in [0.2, 0.25) is 5.91 Å². The number of aromatic nitrogens is 1. The normalized spacial score (nSPS) is 14.3. The summed E-state index contributed by atoms with van der Waals surface area (Å²) in [4.78, 5) is 16.3. The van der Waals surface area contributed by atoms with E-state index in [-0.39, 0.29) is 12.5 Å². The molecule has 122 valence electrons. The molecule has 1 aromatic heterocycles. The minimum absolute atomic E-state index is 0.159. The van der Waals surface area contributed by atoms with Crippen LogP contribution >= 0.6 is 11.3 Å². The molecule has 2 aromatic rings. The van der Waals surface area contributed by atoms with Crippen LogP contribution in [0.5, 0.6) is 11.5 Å². The van der Waals surface area contributed by atoms with Crippen molar-refractivity contribution in [1.29, 1.82) is 0 Å². The highest BCUT2D eigenvalue weighted by Crippen LogP contribution is 2.35. The zero-order chi connectivity index (χ0) is 16.2. The molecule has 0 spiro atoms. The van der Waals surface area contributed by atoms with E-state index in [1.165, 1.54) is 18.4 Å². The maximum absolute atomic E-state index is 11.9. The molecule has 1 aliphatic heterocycles. The van der Waals surface area contributed by atoms with E-state index >= 15 is 0 Å². The van der Waals surface area contributed by atoms with E-state index in [0.717, 1.165) is 17.0 Å². The molecule has 1 aliphatic rings. The summed E-state index contributed by atoms with van der Waals surface area (Å²) in [6.07, 6.45) is 0. The monoisotopic (exact) mass is 335 g/mol. The van der Waals surface area contributed by atoms with Crippen molar-refractivity contribution in [2.24, 2.45) is 5.73 Å². The minimum Gasteiger partial charge on any atom is -0.486 e. The molecule has 3 N–H and O–H groups in total. The molecule has 1 amide bonds. The number of rotatable bonds is 5. The summed E-state index contributed by atoms with van der Waals surface area (Å²) in [6, 6.07) is 4.92. The molecule has 1 atom stereocenters. The molecule has 0 saturated carbocycles.